The van der Waals surface area contributed by atoms with Gasteiger partial charge in [0, 0.05) is 41.0 Å². The van der Waals surface area contributed by atoms with Crippen LogP contribution in [0.25, 0.3) is 10.9 Å². The summed E-state index contributed by atoms with van der Waals surface area (Å²) in [6.07, 6.45) is 2.05. The summed E-state index contributed by atoms with van der Waals surface area (Å²) in [4.78, 5) is 19.5. The zero-order chi connectivity index (χ0) is 22.5. The average molecular weight is 448 g/mol. The van der Waals surface area contributed by atoms with E-state index in [1.165, 1.54) is 21.4 Å². The number of aromatic amines is 1. The number of hydrogen-bond acceptors (Lipinski definition) is 4. The second-order valence-electron chi connectivity index (χ2n) is 8.12. The molecule has 0 bridgehead atoms. The topological polar surface area (TPSA) is 57.4 Å². The second kappa shape index (κ2) is 10.0. The lowest BCUT2D eigenvalue weighted by atomic mass is 9.90. The van der Waals surface area contributed by atoms with E-state index in [4.69, 9.17) is 4.74 Å². The number of H-pyrrole nitrogens is 1. The van der Waals surface area contributed by atoms with Crippen LogP contribution in [0.3, 0.4) is 0 Å². The molecule has 0 aliphatic rings. The fourth-order valence-corrected chi connectivity index (χ4v) is 5.00. The van der Waals surface area contributed by atoms with Crippen molar-refractivity contribution >= 4 is 28.1 Å². The number of aromatic nitrogens is 1. The third-order valence-corrected chi connectivity index (χ3v) is 6.82. The number of nitrogens with one attached hydrogen (secondary N) is 2. The predicted octanol–water partition coefficient (Wildman–Crippen LogP) is 4.93. The highest BCUT2D eigenvalue weighted by molar-refractivity contribution is 7.10. The van der Waals surface area contributed by atoms with Crippen molar-refractivity contribution in [1.29, 1.82) is 0 Å². The number of likely N-dealkylation sites (N-methyl/N-ethyl adjacent to an activating group) is 1. The molecule has 32 heavy (non-hydrogen) atoms. The fraction of sp³-hybridized carbons (Fsp3) is 0.269. The van der Waals surface area contributed by atoms with Crippen molar-refractivity contribution in [2.45, 2.75) is 19.4 Å². The zero-order valence-corrected chi connectivity index (χ0v) is 19.5. The molecule has 0 saturated carbocycles. The Hall–Kier alpha value is -3.09. The molecule has 4 rings (SSSR count). The van der Waals surface area contributed by atoms with Crippen LogP contribution in [0.4, 0.5) is 0 Å². The third-order valence-electron chi connectivity index (χ3n) is 5.81. The minimum atomic E-state index is 0.0278. The van der Waals surface area contributed by atoms with Crippen molar-refractivity contribution in [1.82, 2.24) is 15.2 Å². The number of ether oxygens (including phenoxy) is 1. The number of amides is 1. The summed E-state index contributed by atoms with van der Waals surface area (Å²) in [7, 11) is 3.65. The summed E-state index contributed by atoms with van der Waals surface area (Å²) < 4.78 is 5.32. The van der Waals surface area contributed by atoms with E-state index in [2.05, 4.69) is 64.0 Å². The average Bonchev–Trinajstić information content (AvgIpc) is 3.40. The first kappa shape index (κ1) is 22.1. The number of rotatable bonds is 9. The van der Waals surface area contributed by atoms with Crippen LogP contribution in [0.1, 0.15) is 27.5 Å². The molecule has 0 aliphatic heterocycles. The van der Waals surface area contributed by atoms with Gasteiger partial charge in [0.15, 0.2) is 0 Å². The molecular formula is C26H29N3O2S. The van der Waals surface area contributed by atoms with Crippen molar-refractivity contribution in [2.24, 2.45) is 0 Å². The van der Waals surface area contributed by atoms with Gasteiger partial charge in [-0.05, 0) is 60.3 Å². The Balaban J connectivity index is 1.49. The molecule has 6 heteroatoms. The Kier molecular flexibility index (Phi) is 6.93. The Morgan fingerprint density at radius 1 is 1.16 bits per heavy atom. The lowest BCUT2D eigenvalue weighted by molar-refractivity contribution is -0.122. The number of fused-ring (bicyclic) bond motifs is 1. The summed E-state index contributed by atoms with van der Waals surface area (Å²) in [6, 6.07) is 18.5. The Morgan fingerprint density at radius 3 is 2.66 bits per heavy atom. The first-order valence-corrected chi connectivity index (χ1v) is 11.6. The van der Waals surface area contributed by atoms with Gasteiger partial charge in [-0.1, -0.05) is 30.3 Å². The highest BCUT2D eigenvalue weighted by Crippen LogP contribution is 2.31. The molecule has 166 valence electrons. The molecule has 4 aromatic rings. The number of carbonyl (C=O) groups excluding carboxylic acids is 1. The van der Waals surface area contributed by atoms with Gasteiger partial charge < -0.3 is 15.0 Å². The van der Waals surface area contributed by atoms with Crippen LogP contribution in [-0.4, -0.2) is 43.0 Å². The van der Waals surface area contributed by atoms with E-state index in [-0.39, 0.29) is 11.8 Å². The van der Waals surface area contributed by atoms with Crippen molar-refractivity contribution < 1.29 is 9.53 Å². The highest BCUT2D eigenvalue weighted by atomic mass is 32.1. The normalized spacial score (nSPS) is 12.2. The summed E-state index contributed by atoms with van der Waals surface area (Å²) in [5, 5.41) is 6.44. The standard InChI is InChI=1S/C26H29N3O2S/c1-18-12-13-32-25(18)16-29(2)17-26(30)28-14-22(19-8-10-20(31-3)11-9-19)23-15-27-24-7-5-4-6-21(23)24/h4-13,15,22,27H,14,16-17H2,1-3H3,(H,28,30). The van der Waals surface area contributed by atoms with Crippen LogP contribution < -0.4 is 10.1 Å². The lowest BCUT2D eigenvalue weighted by Crippen LogP contribution is -2.37. The summed E-state index contributed by atoms with van der Waals surface area (Å²) >= 11 is 1.74. The van der Waals surface area contributed by atoms with Gasteiger partial charge >= 0.3 is 0 Å². The van der Waals surface area contributed by atoms with Crippen LogP contribution in [0, 0.1) is 6.92 Å². The molecule has 5 nitrogen and oxygen atoms in total. The fourth-order valence-electron chi connectivity index (χ4n) is 4.01. The number of hydrogen-bond donors (Lipinski definition) is 2. The number of methoxy groups -OCH3 is 1. The number of thiophene rings is 1. The second-order valence-corrected chi connectivity index (χ2v) is 9.12. The zero-order valence-electron chi connectivity index (χ0n) is 18.7. The van der Waals surface area contributed by atoms with Gasteiger partial charge in [-0.15, -0.1) is 11.3 Å². The van der Waals surface area contributed by atoms with Gasteiger partial charge in [0.2, 0.25) is 5.91 Å². The molecule has 0 aliphatic carbocycles. The van der Waals surface area contributed by atoms with E-state index in [1.54, 1.807) is 18.4 Å². The van der Waals surface area contributed by atoms with E-state index < -0.39 is 0 Å². The maximum Gasteiger partial charge on any atom is 0.234 e. The van der Waals surface area contributed by atoms with Crippen molar-refractivity contribution in [3.63, 3.8) is 0 Å². The highest BCUT2D eigenvalue weighted by Gasteiger charge is 2.20. The van der Waals surface area contributed by atoms with Crippen molar-refractivity contribution in [2.75, 3.05) is 27.2 Å². The van der Waals surface area contributed by atoms with Crippen LogP contribution in [-0.2, 0) is 11.3 Å². The first-order valence-electron chi connectivity index (χ1n) is 10.7. The predicted molar refractivity (Wildman–Crippen MR) is 132 cm³/mol. The summed E-state index contributed by atoms with van der Waals surface area (Å²) in [6.45, 7) is 3.78. The molecule has 2 N–H and O–H groups in total. The van der Waals surface area contributed by atoms with Gasteiger partial charge in [-0.25, -0.2) is 0 Å². The van der Waals surface area contributed by atoms with Crippen LogP contribution in [0.5, 0.6) is 5.75 Å². The molecule has 0 spiro atoms. The van der Waals surface area contributed by atoms with Crippen LogP contribution in [0.2, 0.25) is 0 Å². The third kappa shape index (κ3) is 5.03. The van der Waals surface area contributed by atoms with E-state index in [0.717, 1.165) is 23.4 Å². The van der Waals surface area contributed by atoms with E-state index in [0.29, 0.717) is 13.1 Å². The number of carbonyl (C=O) groups is 1. The maximum absolute atomic E-state index is 12.8. The lowest BCUT2D eigenvalue weighted by Gasteiger charge is -2.20. The van der Waals surface area contributed by atoms with Gasteiger partial charge in [0.1, 0.15) is 5.75 Å². The molecule has 1 amide bonds. The van der Waals surface area contributed by atoms with Crippen molar-refractivity contribution in [3.8, 4) is 5.75 Å². The molecule has 1 atom stereocenters. The molecular weight excluding hydrogens is 418 g/mol. The number of aryl methyl sites for hydroxylation is 1. The molecule has 0 saturated heterocycles. The van der Waals surface area contributed by atoms with E-state index in [9.17, 15) is 4.79 Å². The van der Waals surface area contributed by atoms with Gasteiger partial charge in [0.25, 0.3) is 0 Å². The molecule has 2 aromatic heterocycles. The first-order chi connectivity index (χ1) is 15.5. The molecule has 0 radical (unpaired) electrons. The number of benzene rings is 2. The smallest absolute Gasteiger partial charge is 0.234 e. The molecule has 1 unspecified atom stereocenters. The number of para-hydroxylation sites is 1. The molecule has 2 heterocycles. The molecule has 2 aromatic carbocycles. The Labute approximate surface area is 193 Å². The van der Waals surface area contributed by atoms with Crippen molar-refractivity contribution in [3.05, 3.63) is 87.7 Å². The number of nitrogens with zero attached hydrogens (tertiary/aromatic N) is 1. The summed E-state index contributed by atoms with van der Waals surface area (Å²) in [5.41, 5.74) is 4.69. The van der Waals surface area contributed by atoms with E-state index in [1.807, 2.05) is 31.3 Å². The Bertz CT molecular complexity index is 1180. The van der Waals surface area contributed by atoms with Crippen LogP contribution >= 0.6 is 11.3 Å². The maximum atomic E-state index is 12.8. The van der Waals surface area contributed by atoms with Gasteiger partial charge in [0.05, 0.1) is 13.7 Å². The Morgan fingerprint density at radius 2 is 1.94 bits per heavy atom. The SMILES string of the molecule is COc1ccc(C(CNC(=O)CN(C)Cc2sccc2C)c2c[nH]c3ccccc23)cc1. The minimum Gasteiger partial charge on any atom is -0.497 e. The monoisotopic (exact) mass is 447 g/mol. The van der Waals surface area contributed by atoms with Crippen LogP contribution in [0.15, 0.2) is 66.2 Å². The van der Waals surface area contributed by atoms with Gasteiger partial charge in [-0.2, -0.15) is 0 Å². The van der Waals surface area contributed by atoms with E-state index >= 15 is 0 Å². The summed E-state index contributed by atoms with van der Waals surface area (Å²) in [5.74, 6) is 0.881. The largest absolute Gasteiger partial charge is 0.497 e. The van der Waals surface area contributed by atoms with Gasteiger partial charge in [-0.3, -0.25) is 9.69 Å². The quantitative estimate of drug-likeness (QED) is 0.383. The minimum absolute atomic E-state index is 0.0278. The molecule has 0 fully saturated rings.